The average Bonchev–Trinajstić information content (AvgIpc) is 2.88. The first-order valence-electron chi connectivity index (χ1n) is 7.33. The number of rotatable bonds is 7. The van der Waals surface area contributed by atoms with Gasteiger partial charge >= 0.3 is 0 Å². The molecule has 23 heavy (non-hydrogen) atoms. The van der Waals surface area contributed by atoms with Crippen molar-refractivity contribution in [1.29, 1.82) is 0 Å². The Bertz CT molecular complexity index is 632. The molecule has 0 spiro atoms. The first-order chi connectivity index (χ1) is 10.5. The molecular weight excluding hydrogens is 324 g/mol. The molecule has 0 amide bonds. The number of aromatic nitrogens is 2. The van der Waals surface area contributed by atoms with Crippen LogP contribution in [0.15, 0.2) is 24.3 Å². The van der Waals surface area contributed by atoms with Gasteiger partial charge < -0.3 is 10.5 Å². The minimum atomic E-state index is -0.492. The van der Waals surface area contributed by atoms with Crippen molar-refractivity contribution in [3.63, 3.8) is 0 Å². The molecule has 2 rings (SSSR count). The maximum Gasteiger partial charge on any atom is 0.212 e. The van der Waals surface area contributed by atoms with Crippen molar-refractivity contribution in [2.75, 3.05) is 0 Å². The van der Waals surface area contributed by atoms with Crippen LogP contribution >= 0.6 is 12.4 Å². The van der Waals surface area contributed by atoms with E-state index in [1.807, 2.05) is 0 Å². The lowest BCUT2D eigenvalue weighted by Crippen LogP contribution is -2.08. The minimum absolute atomic E-state index is 0. The highest BCUT2D eigenvalue weighted by atomic mass is 35.5. The third-order valence-electron chi connectivity index (χ3n) is 3.30. The van der Waals surface area contributed by atoms with Gasteiger partial charge in [-0.2, -0.15) is 5.10 Å². The van der Waals surface area contributed by atoms with Crippen molar-refractivity contribution < 1.29 is 13.5 Å². The maximum atomic E-state index is 13.6. The summed E-state index contributed by atoms with van der Waals surface area (Å²) in [7, 11) is 0. The van der Waals surface area contributed by atoms with E-state index < -0.39 is 11.6 Å². The Morgan fingerprint density at radius 2 is 2.00 bits per heavy atom. The maximum absolute atomic E-state index is 13.6. The summed E-state index contributed by atoms with van der Waals surface area (Å²) in [5.74, 6) is 0.0634. The number of ether oxygens (including phenoxy) is 1. The first-order valence-corrected chi connectivity index (χ1v) is 7.33. The molecule has 1 aromatic carbocycles. The summed E-state index contributed by atoms with van der Waals surface area (Å²) >= 11 is 0. The van der Waals surface area contributed by atoms with Crippen molar-refractivity contribution in [3.8, 4) is 5.88 Å². The molecule has 0 fully saturated rings. The SMILES string of the molecule is CC(C)CCn1nc(CN)cc1OCc1cc(F)ccc1F.Cl. The summed E-state index contributed by atoms with van der Waals surface area (Å²) in [6.07, 6.45) is 0.941. The number of nitrogens with two attached hydrogens (primary N) is 1. The van der Waals surface area contributed by atoms with Crippen LogP contribution in [0.3, 0.4) is 0 Å². The Balaban J connectivity index is 0.00000264. The molecule has 1 heterocycles. The van der Waals surface area contributed by atoms with E-state index in [2.05, 4.69) is 18.9 Å². The van der Waals surface area contributed by atoms with E-state index >= 15 is 0 Å². The summed E-state index contributed by atoms with van der Waals surface area (Å²) < 4.78 is 34.1. The number of hydrogen-bond acceptors (Lipinski definition) is 3. The third-order valence-corrected chi connectivity index (χ3v) is 3.30. The Labute approximate surface area is 141 Å². The monoisotopic (exact) mass is 345 g/mol. The number of halogens is 3. The van der Waals surface area contributed by atoms with Crippen LogP contribution in [-0.2, 0) is 19.7 Å². The van der Waals surface area contributed by atoms with Gasteiger partial charge in [0.05, 0.1) is 5.69 Å². The predicted molar refractivity (Wildman–Crippen MR) is 87.5 cm³/mol. The largest absolute Gasteiger partial charge is 0.473 e. The van der Waals surface area contributed by atoms with Crippen LogP contribution < -0.4 is 10.5 Å². The van der Waals surface area contributed by atoms with Crippen LogP contribution in [0.2, 0.25) is 0 Å². The van der Waals surface area contributed by atoms with Crippen molar-refractivity contribution in [2.24, 2.45) is 11.7 Å². The Hall–Kier alpha value is -1.66. The van der Waals surface area contributed by atoms with Crippen molar-refractivity contribution in [3.05, 3.63) is 47.2 Å². The molecule has 2 aromatic rings. The van der Waals surface area contributed by atoms with E-state index in [-0.39, 0.29) is 24.6 Å². The lowest BCUT2D eigenvalue weighted by atomic mass is 10.1. The molecule has 0 saturated heterocycles. The van der Waals surface area contributed by atoms with Gasteiger partial charge in [0.1, 0.15) is 18.2 Å². The molecule has 1 aromatic heterocycles. The molecule has 0 saturated carbocycles. The number of benzene rings is 1. The van der Waals surface area contributed by atoms with Crippen molar-refractivity contribution >= 4 is 12.4 Å². The molecule has 128 valence electrons. The van der Waals surface area contributed by atoms with Gasteiger partial charge in [-0.25, -0.2) is 13.5 Å². The van der Waals surface area contributed by atoms with Gasteiger partial charge in [-0.3, -0.25) is 0 Å². The van der Waals surface area contributed by atoms with Crippen LogP contribution in [0.25, 0.3) is 0 Å². The molecule has 0 aliphatic rings. The quantitative estimate of drug-likeness (QED) is 0.833. The average molecular weight is 346 g/mol. The Morgan fingerprint density at radius 3 is 2.65 bits per heavy atom. The summed E-state index contributed by atoms with van der Waals surface area (Å²) in [6.45, 7) is 5.19. The molecule has 0 aliphatic carbocycles. The van der Waals surface area contributed by atoms with E-state index in [1.165, 1.54) is 0 Å². The van der Waals surface area contributed by atoms with Crippen LogP contribution in [-0.4, -0.2) is 9.78 Å². The van der Waals surface area contributed by atoms with Gasteiger partial charge in [0, 0.05) is 24.7 Å². The lowest BCUT2D eigenvalue weighted by Gasteiger charge is -2.11. The highest BCUT2D eigenvalue weighted by Crippen LogP contribution is 2.18. The van der Waals surface area contributed by atoms with E-state index in [9.17, 15) is 8.78 Å². The van der Waals surface area contributed by atoms with E-state index in [0.29, 0.717) is 30.6 Å². The molecule has 4 nitrogen and oxygen atoms in total. The van der Waals surface area contributed by atoms with Gasteiger partial charge in [-0.1, -0.05) is 13.8 Å². The van der Waals surface area contributed by atoms with E-state index in [4.69, 9.17) is 10.5 Å². The number of nitrogens with zero attached hydrogens (tertiary/aromatic N) is 2. The normalized spacial score (nSPS) is 10.7. The van der Waals surface area contributed by atoms with Crippen LogP contribution in [0.1, 0.15) is 31.5 Å². The van der Waals surface area contributed by atoms with Crippen molar-refractivity contribution in [1.82, 2.24) is 9.78 Å². The van der Waals surface area contributed by atoms with Crippen LogP contribution in [0.5, 0.6) is 5.88 Å². The minimum Gasteiger partial charge on any atom is -0.473 e. The zero-order valence-corrected chi connectivity index (χ0v) is 14.1. The second-order valence-corrected chi connectivity index (χ2v) is 5.61. The topological polar surface area (TPSA) is 53.1 Å². The second-order valence-electron chi connectivity index (χ2n) is 5.61. The lowest BCUT2D eigenvalue weighted by molar-refractivity contribution is 0.263. The summed E-state index contributed by atoms with van der Waals surface area (Å²) in [4.78, 5) is 0. The third kappa shape index (κ3) is 5.48. The zero-order chi connectivity index (χ0) is 16.1. The standard InChI is InChI=1S/C16H21F2N3O.ClH/c1-11(2)5-6-21-16(8-14(9-19)20-21)22-10-12-7-13(17)3-4-15(12)18;/h3-4,7-8,11H,5-6,9-10,19H2,1-2H3;1H. The van der Waals surface area contributed by atoms with Gasteiger partial charge in [0.15, 0.2) is 0 Å². The molecule has 0 atom stereocenters. The first kappa shape index (κ1) is 19.4. The smallest absolute Gasteiger partial charge is 0.212 e. The van der Waals surface area contributed by atoms with Crippen LogP contribution in [0.4, 0.5) is 8.78 Å². The van der Waals surface area contributed by atoms with E-state index in [1.54, 1.807) is 10.7 Å². The molecular formula is C16H22ClF2N3O. The summed E-state index contributed by atoms with van der Waals surface area (Å²) in [5, 5.41) is 4.35. The van der Waals surface area contributed by atoms with Crippen LogP contribution in [0, 0.1) is 17.6 Å². The molecule has 0 bridgehead atoms. The zero-order valence-electron chi connectivity index (χ0n) is 13.3. The fraction of sp³-hybridized carbons (Fsp3) is 0.438. The summed E-state index contributed by atoms with van der Waals surface area (Å²) in [5.41, 5.74) is 6.48. The van der Waals surface area contributed by atoms with Gasteiger partial charge in [0.2, 0.25) is 5.88 Å². The van der Waals surface area contributed by atoms with Crippen molar-refractivity contribution in [2.45, 2.75) is 40.0 Å². The molecule has 0 radical (unpaired) electrons. The fourth-order valence-corrected chi connectivity index (χ4v) is 2.01. The summed E-state index contributed by atoms with van der Waals surface area (Å²) in [6, 6.07) is 5.04. The molecule has 0 aliphatic heterocycles. The van der Waals surface area contributed by atoms with Gasteiger partial charge in [-0.15, -0.1) is 12.4 Å². The second kappa shape index (κ2) is 8.84. The number of hydrogen-bond donors (Lipinski definition) is 1. The van der Waals surface area contributed by atoms with Gasteiger partial charge in [-0.05, 0) is 30.5 Å². The highest BCUT2D eigenvalue weighted by Gasteiger charge is 2.11. The van der Waals surface area contributed by atoms with E-state index in [0.717, 1.165) is 24.6 Å². The fourth-order valence-electron chi connectivity index (χ4n) is 2.01. The predicted octanol–water partition coefficient (Wildman–Crippen LogP) is 3.67. The Morgan fingerprint density at radius 1 is 1.26 bits per heavy atom. The molecule has 0 unspecified atom stereocenters. The Kier molecular flexibility index (Phi) is 7.45. The highest BCUT2D eigenvalue weighted by molar-refractivity contribution is 5.85. The molecule has 2 N–H and O–H groups in total. The molecule has 7 heteroatoms. The number of aryl methyl sites for hydroxylation is 1. The van der Waals surface area contributed by atoms with Gasteiger partial charge in [0.25, 0.3) is 0 Å².